The molecule has 1 saturated heterocycles. The molecule has 6 nitrogen and oxygen atoms in total. The zero-order chi connectivity index (χ0) is 15.7. The van der Waals surface area contributed by atoms with E-state index in [1.807, 2.05) is 6.07 Å². The molecule has 0 amide bonds. The van der Waals surface area contributed by atoms with Crippen molar-refractivity contribution in [2.45, 2.75) is 31.5 Å². The molecule has 3 aliphatic rings. The molecule has 0 spiro atoms. The first-order chi connectivity index (χ1) is 11.2. The summed E-state index contributed by atoms with van der Waals surface area (Å²) in [6, 6.07) is 1.81. The summed E-state index contributed by atoms with van der Waals surface area (Å²) in [6.07, 6.45) is 1.36. The van der Waals surface area contributed by atoms with Gasteiger partial charge in [-0.1, -0.05) is 0 Å². The Kier molecular flexibility index (Phi) is 3.91. The van der Waals surface area contributed by atoms with Gasteiger partial charge in [-0.3, -0.25) is 4.79 Å². The molecule has 5 rings (SSSR count). The Balaban J connectivity index is 0.00000146. The minimum absolute atomic E-state index is 0. The number of aryl methyl sites for hydroxylation is 1. The number of hydrogen-bond acceptors (Lipinski definition) is 6. The van der Waals surface area contributed by atoms with Crippen molar-refractivity contribution >= 4 is 54.5 Å². The molecule has 1 aromatic heterocycles. The van der Waals surface area contributed by atoms with Crippen LogP contribution in [0.15, 0.2) is 15.3 Å². The van der Waals surface area contributed by atoms with Crippen LogP contribution in [0.2, 0.25) is 0 Å². The van der Waals surface area contributed by atoms with Gasteiger partial charge < -0.3 is 18.6 Å². The summed E-state index contributed by atoms with van der Waals surface area (Å²) in [4.78, 5) is 24.3. The summed E-state index contributed by atoms with van der Waals surface area (Å²) in [6.45, 7) is 0.621. The van der Waals surface area contributed by atoms with Gasteiger partial charge in [0.15, 0.2) is 5.78 Å². The van der Waals surface area contributed by atoms with Gasteiger partial charge in [0, 0.05) is 18.1 Å². The zero-order valence-electron chi connectivity index (χ0n) is 12.5. The number of ether oxygens (including phenoxy) is 3. The summed E-state index contributed by atoms with van der Waals surface area (Å²) >= 11 is 0. The maximum atomic E-state index is 12.3. The third kappa shape index (κ3) is 2.03. The maximum absolute atomic E-state index is 12.3. The monoisotopic (exact) mass is 356 g/mol. The van der Waals surface area contributed by atoms with E-state index in [0.717, 1.165) is 22.9 Å². The summed E-state index contributed by atoms with van der Waals surface area (Å²) in [5.74, 6) is 1.10. The molecule has 1 aliphatic carbocycles. The Morgan fingerprint density at radius 3 is 2.88 bits per heavy atom. The number of rotatable bonds is 1. The molecule has 2 aliphatic heterocycles. The molecule has 1 fully saturated rings. The average Bonchev–Trinajstić information content (AvgIpc) is 3.20. The Labute approximate surface area is 167 Å². The number of benzene rings is 1. The Hall–Kier alpha value is -1.08. The second-order valence-electron chi connectivity index (χ2n) is 6.11. The molecule has 0 bridgehead atoms. The van der Waals surface area contributed by atoms with E-state index in [0.29, 0.717) is 36.5 Å². The fourth-order valence-corrected chi connectivity index (χ4v) is 4.00. The number of ketones is 1. The van der Waals surface area contributed by atoms with Gasteiger partial charge in [0.25, 0.3) is 0 Å². The standard InChI is InChI=1S/C17H14O6.Ca.2H/c1-20-10-6-11-14(8-4-5-21-17(8)22-11)15-13(10)7-2-3-9(18)12(7)16(19)23-15;;;/h6,8,17H,2-5H2,1H3;;;. The van der Waals surface area contributed by atoms with E-state index in [1.165, 1.54) is 0 Å². The molecule has 0 radical (unpaired) electrons. The van der Waals surface area contributed by atoms with Gasteiger partial charge in [-0.2, -0.15) is 0 Å². The summed E-state index contributed by atoms with van der Waals surface area (Å²) < 4.78 is 22.5. The van der Waals surface area contributed by atoms with Crippen LogP contribution in [0.1, 0.15) is 40.2 Å². The number of fused-ring (bicyclic) bond motifs is 7. The molecular weight excluding hydrogens is 340 g/mol. The fraction of sp³-hybridized carbons (Fsp3) is 0.412. The van der Waals surface area contributed by atoms with Crippen molar-refractivity contribution in [3.05, 3.63) is 33.2 Å². The van der Waals surface area contributed by atoms with Gasteiger partial charge in [-0.15, -0.1) is 0 Å². The van der Waals surface area contributed by atoms with Gasteiger partial charge in [-0.05, 0) is 18.4 Å². The van der Waals surface area contributed by atoms with Crippen molar-refractivity contribution in [3.63, 3.8) is 0 Å². The van der Waals surface area contributed by atoms with Crippen molar-refractivity contribution in [1.82, 2.24) is 0 Å². The van der Waals surface area contributed by atoms with Gasteiger partial charge in [0.2, 0.25) is 6.29 Å². The first-order valence-electron chi connectivity index (χ1n) is 7.71. The van der Waals surface area contributed by atoms with E-state index >= 15 is 0 Å². The van der Waals surface area contributed by atoms with E-state index in [2.05, 4.69) is 0 Å². The van der Waals surface area contributed by atoms with Crippen LogP contribution in [0.4, 0.5) is 0 Å². The van der Waals surface area contributed by atoms with Crippen LogP contribution in [0.25, 0.3) is 11.0 Å². The molecule has 122 valence electrons. The molecule has 0 saturated carbocycles. The summed E-state index contributed by atoms with van der Waals surface area (Å²) in [5.41, 5.74) is 1.70. The Bertz CT molecular complexity index is 931. The summed E-state index contributed by atoms with van der Waals surface area (Å²) in [5, 5.41) is 0.725. The van der Waals surface area contributed by atoms with Crippen LogP contribution in [0.3, 0.4) is 0 Å². The molecule has 3 heterocycles. The SMILES string of the molecule is COc1cc2c(c3oc(=O)c4c(c13)CCC4=O)C1CCOC1O2.[CaH2]. The first kappa shape index (κ1) is 16.4. The molecule has 7 heteroatoms. The average molecular weight is 356 g/mol. The Morgan fingerprint density at radius 2 is 2.08 bits per heavy atom. The van der Waals surface area contributed by atoms with Crippen molar-refractivity contribution in [3.8, 4) is 11.5 Å². The molecule has 2 aromatic rings. The van der Waals surface area contributed by atoms with Crippen molar-refractivity contribution < 1.29 is 23.4 Å². The van der Waals surface area contributed by atoms with E-state index in [-0.39, 0.29) is 61.3 Å². The number of carbonyl (C=O) groups excluding carboxylic acids is 1. The van der Waals surface area contributed by atoms with Gasteiger partial charge >= 0.3 is 43.4 Å². The number of carbonyl (C=O) groups is 1. The van der Waals surface area contributed by atoms with E-state index < -0.39 is 5.63 Å². The van der Waals surface area contributed by atoms with Crippen molar-refractivity contribution in [2.75, 3.05) is 13.7 Å². The second kappa shape index (κ2) is 5.73. The molecule has 2 unspecified atom stereocenters. The predicted octanol–water partition coefficient (Wildman–Crippen LogP) is 1.24. The van der Waals surface area contributed by atoms with Gasteiger partial charge in [0.1, 0.15) is 22.6 Å². The molecule has 2 atom stereocenters. The van der Waals surface area contributed by atoms with Crippen LogP contribution in [-0.2, 0) is 11.2 Å². The van der Waals surface area contributed by atoms with Gasteiger partial charge in [-0.25, -0.2) is 4.79 Å². The van der Waals surface area contributed by atoms with Crippen molar-refractivity contribution in [1.29, 1.82) is 0 Å². The Morgan fingerprint density at radius 1 is 1.25 bits per heavy atom. The van der Waals surface area contributed by atoms with E-state index in [4.69, 9.17) is 18.6 Å². The quantitative estimate of drug-likeness (QED) is 0.565. The molecule has 24 heavy (non-hydrogen) atoms. The normalized spacial score (nSPS) is 23.5. The number of Topliss-reactive ketones (excluding diaryl/α,β-unsaturated/α-hetero) is 1. The van der Waals surface area contributed by atoms with Crippen LogP contribution in [0, 0.1) is 0 Å². The third-order valence-corrected chi connectivity index (χ3v) is 5.00. The van der Waals surface area contributed by atoms with Gasteiger partial charge in [0.05, 0.1) is 25.0 Å². The minimum atomic E-state index is -0.562. The van der Waals surface area contributed by atoms with E-state index in [1.54, 1.807) is 7.11 Å². The summed E-state index contributed by atoms with van der Waals surface area (Å²) in [7, 11) is 1.56. The van der Waals surface area contributed by atoms with Crippen LogP contribution >= 0.6 is 0 Å². The third-order valence-electron chi connectivity index (χ3n) is 5.00. The van der Waals surface area contributed by atoms with E-state index in [9.17, 15) is 9.59 Å². The van der Waals surface area contributed by atoms with Crippen LogP contribution < -0.4 is 15.1 Å². The zero-order valence-corrected chi connectivity index (χ0v) is 12.5. The first-order valence-corrected chi connectivity index (χ1v) is 7.71. The fourth-order valence-electron chi connectivity index (χ4n) is 4.00. The number of hydrogen-bond donors (Lipinski definition) is 0. The van der Waals surface area contributed by atoms with Crippen LogP contribution in [-0.4, -0.2) is 63.5 Å². The van der Waals surface area contributed by atoms with Crippen LogP contribution in [0.5, 0.6) is 11.5 Å². The topological polar surface area (TPSA) is 75.0 Å². The molecule has 1 aromatic carbocycles. The number of methoxy groups -OCH3 is 1. The second-order valence-corrected chi connectivity index (χ2v) is 6.11. The molecular formula is C17H16CaO6. The predicted molar refractivity (Wildman–Crippen MR) is 88.0 cm³/mol. The van der Waals surface area contributed by atoms with Crippen molar-refractivity contribution in [2.24, 2.45) is 0 Å². The molecule has 0 N–H and O–H groups in total.